The molecule has 13 heteroatoms. The number of ketones is 3. The van der Waals surface area contributed by atoms with Crippen LogP contribution in [0, 0.1) is 6.92 Å². The molecular formula is C57H64N2O11. The summed E-state index contributed by atoms with van der Waals surface area (Å²) in [4.78, 5) is 106. The topological polar surface area (TPSA) is 179 Å². The quantitative estimate of drug-likeness (QED) is 0.0587. The van der Waals surface area contributed by atoms with Crippen molar-refractivity contribution in [3.8, 4) is 11.1 Å². The Bertz CT molecular complexity index is 2620. The average Bonchev–Trinajstić information content (AvgIpc) is 3.76. The first kappa shape index (κ1) is 56.7. The summed E-state index contributed by atoms with van der Waals surface area (Å²) in [7, 11) is 3.93. The molecule has 70 heavy (non-hydrogen) atoms. The molecule has 2 aliphatic heterocycles. The van der Waals surface area contributed by atoms with Crippen molar-refractivity contribution >= 4 is 58.6 Å². The van der Waals surface area contributed by atoms with E-state index in [2.05, 4.69) is 30.2 Å². The lowest BCUT2D eigenvalue weighted by atomic mass is 10.0. The van der Waals surface area contributed by atoms with Crippen molar-refractivity contribution in [2.45, 2.75) is 99.3 Å². The molecule has 0 aliphatic carbocycles. The lowest BCUT2D eigenvalue weighted by Gasteiger charge is -2.14. The van der Waals surface area contributed by atoms with E-state index >= 15 is 0 Å². The number of unbranched alkanes of at least 4 members (excludes halogenated alkanes) is 3. The van der Waals surface area contributed by atoms with E-state index < -0.39 is 29.7 Å². The van der Waals surface area contributed by atoms with Gasteiger partial charge in [-0.2, -0.15) is 0 Å². The van der Waals surface area contributed by atoms with Crippen LogP contribution in [0.3, 0.4) is 0 Å². The molecule has 0 N–H and O–H groups in total. The lowest BCUT2D eigenvalue weighted by Crippen LogP contribution is -2.29. The highest BCUT2D eigenvalue weighted by atomic mass is 16.5. The summed E-state index contributed by atoms with van der Waals surface area (Å²) in [6, 6.07) is 33.5. The van der Waals surface area contributed by atoms with Gasteiger partial charge in [-0.1, -0.05) is 112 Å². The number of rotatable bonds is 14. The highest BCUT2D eigenvalue weighted by molar-refractivity contribution is 6.34. The maximum atomic E-state index is 12.8. The van der Waals surface area contributed by atoms with Gasteiger partial charge in [0, 0.05) is 31.9 Å². The standard InChI is InChI=1S/C23H17NO4.C11H9NO4.C11H14O.2C6H12O/c1-14-3-5-15(6-4-14)16-7-10-18(11-8-16)24-21(25)19-12-9-17(23(27)28-2)13-20(19)22(24)26;1-12-9(13)7-4-3-6(11(15)16-2)5-8(7)10(12)14;1-2-3-9-11(12)10-7-5-4-6-8-10;2*1-3-4-5-6(2)7/h3-13H,1-2H3;3-5H,1-2H3;4-8H,2-3,9H2,1H3;2*3-5H2,1-2H3. The Kier molecular flexibility index (Phi) is 23.2. The first-order valence-corrected chi connectivity index (χ1v) is 23.3. The highest BCUT2D eigenvalue weighted by Gasteiger charge is 2.37. The van der Waals surface area contributed by atoms with Gasteiger partial charge in [0.2, 0.25) is 0 Å². The summed E-state index contributed by atoms with van der Waals surface area (Å²) in [5.41, 5.74) is 6.10. The van der Waals surface area contributed by atoms with E-state index in [1.54, 1.807) is 26.0 Å². The van der Waals surface area contributed by atoms with E-state index in [1.807, 2.05) is 73.7 Å². The smallest absolute Gasteiger partial charge is 0.337 e. The van der Waals surface area contributed by atoms with Gasteiger partial charge >= 0.3 is 11.9 Å². The molecule has 4 amide bonds. The summed E-state index contributed by atoms with van der Waals surface area (Å²) >= 11 is 0. The fourth-order valence-corrected chi connectivity index (χ4v) is 6.83. The molecule has 0 spiro atoms. The molecule has 7 rings (SSSR count). The molecule has 0 bridgehead atoms. The van der Waals surface area contributed by atoms with Gasteiger partial charge in [0.05, 0.1) is 53.3 Å². The number of nitrogens with zero attached hydrogens (tertiary/aromatic N) is 2. The molecule has 0 aromatic heterocycles. The number of Topliss-reactive ketones (excluding diaryl/α,β-unsaturated/α-hetero) is 3. The monoisotopic (exact) mass is 952 g/mol. The number of benzene rings is 5. The molecule has 5 aromatic carbocycles. The number of methoxy groups -OCH3 is 2. The third kappa shape index (κ3) is 16.2. The second-order valence-corrected chi connectivity index (χ2v) is 16.5. The van der Waals surface area contributed by atoms with E-state index in [0.717, 1.165) is 77.9 Å². The normalized spacial score (nSPS) is 11.8. The fraction of sp³-hybridized carbons (Fsp3) is 0.316. The Balaban J connectivity index is 0.000000261. The van der Waals surface area contributed by atoms with Crippen molar-refractivity contribution in [2.75, 3.05) is 26.2 Å². The van der Waals surface area contributed by atoms with Crippen LogP contribution in [0.25, 0.3) is 11.1 Å². The lowest BCUT2D eigenvalue weighted by molar-refractivity contribution is -0.117. The number of aryl methyl sites for hydroxylation is 1. The summed E-state index contributed by atoms with van der Waals surface area (Å²) in [5.74, 6) is -1.81. The number of esters is 2. The van der Waals surface area contributed by atoms with Gasteiger partial charge in [-0.15, -0.1) is 0 Å². The number of fused-ring (bicyclic) bond motifs is 2. The number of carbonyl (C=O) groups excluding carboxylic acids is 9. The number of imide groups is 2. The zero-order valence-electron chi connectivity index (χ0n) is 41.7. The summed E-state index contributed by atoms with van der Waals surface area (Å²) < 4.78 is 9.22. The minimum Gasteiger partial charge on any atom is -0.465 e. The molecular weight excluding hydrogens is 889 g/mol. The Morgan fingerprint density at radius 1 is 0.471 bits per heavy atom. The van der Waals surface area contributed by atoms with Crippen LogP contribution in [0.1, 0.15) is 170 Å². The van der Waals surface area contributed by atoms with Crippen LogP contribution in [-0.2, 0) is 19.1 Å². The number of hydrogen-bond donors (Lipinski definition) is 0. The van der Waals surface area contributed by atoms with Gasteiger partial charge in [-0.3, -0.25) is 28.9 Å². The third-order valence-corrected chi connectivity index (χ3v) is 10.9. The molecule has 0 unspecified atom stereocenters. The molecule has 0 atom stereocenters. The second kappa shape index (κ2) is 28.6. The van der Waals surface area contributed by atoms with Gasteiger partial charge < -0.3 is 19.1 Å². The van der Waals surface area contributed by atoms with E-state index in [-0.39, 0.29) is 39.5 Å². The molecule has 13 nitrogen and oxygen atoms in total. The van der Waals surface area contributed by atoms with Crippen molar-refractivity contribution in [2.24, 2.45) is 0 Å². The number of ether oxygens (including phenoxy) is 2. The zero-order valence-corrected chi connectivity index (χ0v) is 41.7. The van der Waals surface area contributed by atoms with Crippen molar-refractivity contribution in [1.29, 1.82) is 0 Å². The maximum absolute atomic E-state index is 12.8. The van der Waals surface area contributed by atoms with Crippen molar-refractivity contribution in [3.05, 3.63) is 160 Å². The van der Waals surface area contributed by atoms with Crippen LogP contribution in [0.4, 0.5) is 5.69 Å². The molecule has 2 aliphatic rings. The van der Waals surface area contributed by atoms with Crippen LogP contribution in [-0.4, -0.2) is 79.1 Å². The van der Waals surface area contributed by atoms with Crippen molar-refractivity contribution < 1.29 is 52.6 Å². The van der Waals surface area contributed by atoms with Gasteiger partial charge in [0.15, 0.2) is 5.78 Å². The largest absolute Gasteiger partial charge is 0.465 e. The molecule has 0 radical (unpaired) electrons. The molecule has 0 saturated carbocycles. The third-order valence-electron chi connectivity index (χ3n) is 10.9. The Morgan fingerprint density at radius 2 is 0.871 bits per heavy atom. The highest BCUT2D eigenvalue weighted by Crippen LogP contribution is 2.31. The van der Waals surface area contributed by atoms with Gasteiger partial charge in [-0.25, -0.2) is 14.5 Å². The average molecular weight is 953 g/mol. The van der Waals surface area contributed by atoms with E-state index in [1.165, 1.54) is 63.2 Å². The van der Waals surface area contributed by atoms with Crippen LogP contribution in [0.2, 0.25) is 0 Å². The number of anilines is 1. The second-order valence-electron chi connectivity index (χ2n) is 16.5. The maximum Gasteiger partial charge on any atom is 0.337 e. The molecule has 0 saturated heterocycles. The predicted octanol–water partition coefficient (Wildman–Crippen LogP) is 11.5. The minimum absolute atomic E-state index is 0.204. The van der Waals surface area contributed by atoms with E-state index in [0.29, 0.717) is 29.2 Å². The SMILES string of the molecule is CCCCC(=O)c1ccccc1.CCCCC(C)=O.CCCCC(C)=O.COC(=O)c1ccc2c(c1)C(=O)N(C)C2=O.COC(=O)c1ccc2c(c1)C(=O)N(c1ccc(-c3ccc(C)cc3)cc1)C2=O. The minimum atomic E-state index is -0.552. The number of carbonyl (C=O) groups is 9. The zero-order chi connectivity index (χ0) is 51.9. The van der Waals surface area contributed by atoms with Crippen LogP contribution >= 0.6 is 0 Å². The Morgan fingerprint density at radius 3 is 1.30 bits per heavy atom. The summed E-state index contributed by atoms with van der Waals surface area (Å²) in [6.45, 7) is 11.6. The predicted molar refractivity (Wildman–Crippen MR) is 270 cm³/mol. The Labute approximate surface area is 411 Å². The van der Waals surface area contributed by atoms with Crippen LogP contribution in [0.15, 0.2) is 115 Å². The van der Waals surface area contributed by atoms with E-state index in [9.17, 15) is 43.2 Å². The first-order chi connectivity index (χ1) is 33.4. The van der Waals surface area contributed by atoms with Crippen LogP contribution < -0.4 is 4.90 Å². The van der Waals surface area contributed by atoms with Crippen molar-refractivity contribution in [1.82, 2.24) is 4.90 Å². The van der Waals surface area contributed by atoms with E-state index in [4.69, 9.17) is 0 Å². The van der Waals surface area contributed by atoms with Gasteiger partial charge in [0.1, 0.15) is 11.6 Å². The van der Waals surface area contributed by atoms with Gasteiger partial charge in [0.25, 0.3) is 23.6 Å². The molecule has 368 valence electrons. The summed E-state index contributed by atoms with van der Waals surface area (Å²) in [6.07, 6.45) is 8.63. The summed E-state index contributed by atoms with van der Waals surface area (Å²) in [5, 5.41) is 0. The van der Waals surface area contributed by atoms with Gasteiger partial charge in [-0.05, 0) is 99.7 Å². The number of hydrogen-bond acceptors (Lipinski definition) is 11. The fourth-order valence-electron chi connectivity index (χ4n) is 6.83. The first-order valence-electron chi connectivity index (χ1n) is 23.3. The molecule has 2 heterocycles. The molecule has 5 aromatic rings. The Hall–Kier alpha value is -7.67. The molecule has 0 fully saturated rings. The van der Waals surface area contributed by atoms with Crippen LogP contribution in [0.5, 0.6) is 0 Å². The number of amides is 4. The van der Waals surface area contributed by atoms with Crippen molar-refractivity contribution in [3.63, 3.8) is 0 Å².